The molecule has 4 atom stereocenters. The number of ether oxygens (including phenoxy) is 1. The van der Waals surface area contributed by atoms with Gasteiger partial charge in [0.05, 0.1) is 17.8 Å². The number of hydrogen-bond donors (Lipinski definition) is 3. The molecule has 148 valence electrons. The van der Waals surface area contributed by atoms with Crippen molar-refractivity contribution in [2.75, 3.05) is 6.54 Å². The van der Waals surface area contributed by atoms with E-state index in [2.05, 4.69) is 17.8 Å². The number of carboxylic acid groups (broad SMARTS) is 1. The van der Waals surface area contributed by atoms with Gasteiger partial charge in [0, 0.05) is 18.9 Å². The maximum absolute atomic E-state index is 11.8. The highest BCUT2D eigenvalue weighted by Crippen LogP contribution is 2.45. The topological polar surface area (TPSA) is 87.7 Å². The molecule has 3 rings (SSSR count). The highest BCUT2D eigenvalue weighted by Gasteiger charge is 2.48. The number of nitrogens with one attached hydrogen (secondary N) is 2. The van der Waals surface area contributed by atoms with Gasteiger partial charge in [-0.2, -0.15) is 0 Å². The van der Waals surface area contributed by atoms with Gasteiger partial charge in [-0.1, -0.05) is 25.5 Å². The molecule has 0 spiro atoms. The van der Waals surface area contributed by atoms with Crippen molar-refractivity contribution in [1.29, 1.82) is 0 Å². The normalized spacial score (nSPS) is 26.3. The van der Waals surface area contributed by atoms with Crippen LogP contribution in [0.1, 0.15) is 61.4 Å². The zero-order valence-electron chi connectivity index (χ0n) is 15.9. The lowest BCUT2D eigenvalue weighted by Crippen LogP contribution is -2.44. The van der Waals surface area contributed by atoms with Crippen molar-refractivity contribution in [3.8, 4) is 0 Å². The lowest BCUT2D eigenvalue weighted by atomic mass is 9.76. The van der Waals surface area contributed by atoms with Gasteiger partial charge >= 0.3 is 5.97 Å². The number of carbonyl (C=O) groups is 2. The van der Waals surface area contributed by atoms with Crippen LogP contribution >= 0.6 is 0 Å². The number of fused-ring (bicyclic) bond motifs is 2. The van der Waals surface area contributed by atoms with E-state index in [1.807, 2.05) is 12.1 Å². The second kappa shape index (κ2) is 9.33. The number of carbonyl (C=O) groups excluding carboxylic acids is 1. The first-order chi connectivity index (χ1) is 13.1. The maximum Gasteiger partial charge on any atom is 0.335 e. The summed E-state index contributed by atoms with van der Waals surface area (Å²) in [5.41, 5.74) is 7.42. The van der Waals surface area contributed by atoms with E-state index in [0.717, 1.165) is 50.6 Å². The summed E-state index contributed by atoms with van der Waals surface area (Å²) in [6.07, 6.45) is 7.24. The predicted octanol–water partition coefficient (Wildman–Crippen LogP) is 2.92. The lowest BCUT2D eigenvalue weighted by molar-refractivity contribution is -0.122. The zero-order valence-corrected chi connectivity index (χ0v) is 15.9. The summed E-state index contributed by atoms with van der Waals surface area (Å²) in [5.74, 6) is 0.0441. The number of unbranched alkanes of at least 4 members (excludes halogenated alkanes) is 1. The molecule has 2 bridgehead atoms. The highest BCUT2D eigenvalue weighted by atomic mass is 16.5. The van der Waals surface area contributed by atoms with Gasteiger partial charge < -0.3 is 9.84 Å². The van der Waals surface area contributed by atoms with Gasteiger partial charge in [0.2, 0.25) is 5.91 Å². The van der Waals surface area contributed by atoms with Crippen LogP contribution in [0.4, 0.5) is 0 Å². The van der Waals surface area contributed by atoms with Gasteiger partial charge in [-0.3, -0.25) is 10.2 Å². The van der Waals surface area contributed by atoms with E-state index in [0.29, 0.717) is 29.9 Å². The average molecular weight is 374 g/mol. The van der Waals surface area contributed by atoms with Crippen LogP contribution in [0.3, 0.4) is 0 Å². The second-order valence-corrected chi connectivity index (χ2v) is 7.69. The summed E-state index contributed by atoms with van der Waals surface area (Å²) in [7, 11) is 0. The number of aromatic carboxylic acids is 1. The largest absolute Gasteiger partial charge is 0.478 e. The van der Waals surface area contributed by atoms with Crippen molar-refractivity contribution in [3.05, 3.63) is 35.4 Å². The van der Waals surface area contributed by atoms with E-state index in [4.69, 9.17) is 9.84 Å². The Morgan fingerprint density at radius 2 is 1.85 bits per heavy atom. The summed E-state index contributed by atoms with van der Waals surface area (Å²) in [5, 5.41) is 9.00. The Kier molecular flexibility index (Phi) is 6.85. The molecule has 3 N–H and O–H groups in total. The number of rotatable bonds is 10. The summed E-state index contributed by atoms with van der Waals surface area (Å²) < 4.78 is 6.13. The maximum atomic E-state index is 11.8. The first-order valence-electron chi connectivity index (χ1n) is 10.1. The first kappa shape index (κ1) is 19.8. The molecule has 1 aromatic carbocycles. The molecule has 2 aliphatic rings. The van der Waals surface area contributed by atoms with Crippen molar-refractivity contribution < 1.29 is 19.4 Å². The smallest absolute Gasteiger partial charge is 0.335 e. The van der Waals surface area contributed by atoms with Crippen LogP contribution in [0.25, 0.3) is 0 Å². The molecule has 2 aliphatic heterocycles. The van der Waals surface area contributed by atoms with Gasteiger partial charge in [0.1, 0.15) is 0 Å². The Morgan fingerprint density at radius 1 is 1.15 bits per heavy atom. The van der Waals surface area contributed by atoms with Crippen molar-refractivity contribution >= 4 is 11.9 Å². The van der Waals surface area contributed by atoms with E-state index < -0.39 is 5.97 Å². The second-order valence-electron chi connectivity index (χ2n) is 7.69. The third-order valence-corrected chi connectivity index (χ3v) is 5.88. The average Bonchev–Trinajstić information content (AvgIpc) is 3.27. The van der Waals surface area contributed by atoms with E-state index >= 15 is 0 Å². The fourth-order valence-electron chi connectivity index (χ4n) is 4.37. The summed E-state index contributed by atoms with van der Waals surface area (Å²) in [6, 6.07) is 7.14. The van der Waals surface area contributed by atoms with Gasteiger partial charge in [-0.05, 0) is 55.7 Å². The molecule has 0 aliphatic carbocycles. The van der Waals surface area contributed by atoms with E-state index in [1.54, 1.807) is 12.1 Å². The van der Waals surface area contributed by atoms with Crippen LogP contribution in [0, 0.1) is 11.8 Å². The van der Waals surface area contributed by atoms with Gasteiger partial charge in [-0.25, -0.2) is 10.2 Å². The molecular weight excluding hydrogens is 344 g/mol. The molecular formula is C21H30N2O4. The first-order valence-corrected chi connectivity index (χ1v) is 10.1. The van der Waals surface area contributed by atoms with E-state index in [9.17, 15) is 9.59 Å². The molecule has 0 aromatic heterocycles. The van der Waals surface area contributed by atoms with E-state index in [1.165, 1.54) is 0 Å². The standard InChI is InChI=1S/C21H30N2O4/c1-2-3-4-20(24)23-22-13-17-16(18-11-12-19(17)27-18)10-7-14-5-8-15(9-6-14)21(25)26/h5-6,8-9,16-19,22H,2-4,7,10-13H2,1H3,(H,23,24)(H,25,26)/t16-,17+,18-,19+/m1/s1. The monoisotopic (exact) mass is 374 g/mol. The molecule has 1 aromatic rings. The predicted molar refractivity (Wildman–Crippen MR) is 102 cm³/mol. The van der Waals surface area contributed by atoms with Crippen molar-refractivity contribution in [1.82, 2.24) is 10.9 Å². The summed E-state index contributed by atoms with van der Waals surface area (Å²) in [4.78, 5) is 22.7. The van der Waals surface area contributed by atoms with Gasteiger partial charge in [0.25, 0.3) is 0 Å². The molecule has 2 saturated heterocycles. The Hall–Kier alpha value is -1.92. The molecule has 2 heterocycles. The zero-order chi connectivity index (χ0) is 19.2. The number of hydrazine groups is 1. The molecule has 1 amide bonds. The van der Waals surface area contributed by atoms with Gasteiger partial charge in [0.15, 0.2) is 0 Å². The Balaban J connectivity index is 1.49. The molecule has 6 nitrogen and oxygen atoms in total. The quantitative estimate of drug-likeness (QED) is 0.548. The number of amides is 1. The number of aryl methyl sites for hydroxylation is 1. The summed E-state index contributed by atoms with van der Waals surface area (Å²) in [6.45, 7) is 2.81. The third-order valence-electron chi connectivity index (χ3n) is 5.88. The van der Waals surface area contributed by atoms with Crippen molar-refractivity contribution in [3.63, 3.8) is 0 Å². The fourth-order valence-corrected chi connectivity index (χ4v) is 4.37. The van der Waals surface area contributed by atoms with Crippen molar-refractivity contribution in [2.45, 2.75) is 64.1 Å². The van der Waals surface area contributed by atoms with Crippen molar-refractivity contribution in [2.24, 2.45) is 11.8 Å². The SMILES string of the molecule is CCCCC(=O)NNC[C@H]1[C@@H](CCc2ccc(C(=O)O)cc2)[C@H]2CC[C@@H]1O2. The molecule has 0 unspecified atom stereocenters. The number of hydrogen-bond acceptors (Lipinski definition) is 4. The van der Waals surface area contributed by atoms with E-state index in [-0.39, 0.29) is 12.0 Å². The lowest BCUT2D eigenvalue weighted by Gasteiger charge is -2.28. The van der Waals surface area contributed by atoms with Crippen LogP contribution in [0.5, 0.6) is 0 Å². The van der Waals surface area contributed by atoms with Crippen LogP contribution in [-0.2, 0) is 16.0 Å². The van der Waals surface area contributed by atoms with Gasteiger partial charge in [-0.15, -0.1) is 0 Å². The molecule has 6 heteroatoms. The molecule has 27 heavy (non-hydrogen) atoms. The minimum Gasteiger partial charge on any atom is -0.478 e. The minimum atomic E-state index is -0.893. The Morgan fingerprint density at radius 3 is 2.52 bits per heavy atom. The Bertz CT molecular complexity index is 646. The van der Waals surface area contributed by atoms with Crippen LogP contribution in [-0.4, -0.2) is 35.7 Å². The third kappa shape index (κ3) is 5.08. The summed E-state index contributed by atoms with van der Waals surface area (Å²) >= 11 is 0. The van der Waals surface area contributed by atoms with Crippen LogP contribution < -0.4 is 10.9 Å². The number of benzene rings is 1. The molecule has 0 radical (unpaired) electrons. The molecule has 2 fully saturated rings. The molecule has 0 saturated carbocycles. The number of carboxylic acids is 1. The Labute approximate surface area is 160 Å². The highest BCUT2D eigenvalue weighted by molar-refractivity contribution is 5.87. The van der Waals surface area contributed by atoms with Crippen LogP contribution in [0.2, 0.25) is 0 Å². The fraction of sp³-hybridized carbons (Fsp3) is 0.619. The van der Waals surface area contributed by atoms with Crippen LogP contribution in [0.15, 0.2) is 24.3 Å². The minimum absolute atomic E-state index is 0.0518.